The molecule has 0 radical (unpaired) electrons. The molecule has 1 N–H and O–H groups in total. The van der Waals surface area contributed by atoms with Gasteiger partial charge in [-0.25, -0.2) is 9.78 Å². The van der Waals surface area contributed by atoms with Gasteiger partial charge in [0.15, 0.2) is 0 Å². The van der Waals surface area contributed by atoms with E-state index in [0.717, 1.165) is 42.2 Å². The molecule has 2 amide bonds. The maximum atomic E-state index is 12.5. The number of rotatable bonds is 5. The van der Waals surface area contributed by atoms with Gasteiger partial charge in [0.1, 0.15) is 5.75 Å². The summed E-state index contributed by atoms with van der Waals surface area (Å²) in [6.45, 7) is 3.57. The number of methoxy groups -OCH3 is 1. The number of aryl methyl sites for hydroxylation is 1. The van der Waals surface area contributed by atoms with Crippen molar-refractivity contribution >= 4 is 23.0 Å². The quantitative estimate of drug-likeness (QED) is 0.724. The first-order valence-corrected chi connectivity index (χ1v) is 9.98. The van der Waals surface area contributed by atoms with Crippen LogP contribution in [0.1, 0.15) is 5.56 Å². The summed E-state index contributed by atoms with van der Waals surface area (Å²) in [5.74, 6) is 1.81. The highest BCUT2D eigenvalue weighted by Gasteiger charge is 2.23. The number of ether oxygens (including phenoxy) is 1. The van der Waals surface area contributed by atoms with Crippen molar-refractivity contribution in [3.63, 3.8) is 0 Å². The van der Waals surface area contributed by atoms with E-state index < -0.39 is 0 Å². The van der Waals surface area contributed by atoms with Crippen molar-refractivity contribution in [1.82, 2.24) is 19.8 Å². The number of nitrogens with zero attached hydrogens (tertiary/aromatic N) is 4. The number of benzene rings is 2. The van der Waals surface area contributed by atoms with Crippen LogP contribution in [0.25, 0.3) is 11.0 Å². The highest BCUT2D eigenvalue weighted by molar-refractivity contribution is 5.79. The van der Waals surface area contributed by atoms with Gasteiger partial charge >= 0.3 is 6.03 Å². The molecule has 0 bridgehead atoms. The van der Waals surface area contributed by atoms with Gasteiger partial charge in [-0.3, -0.25) is 0 Å². The summed E-state index contributed by atoms with van der Waals surface area (Å²) in [5.41, 5.74) is 3.31. The van der Waals surface area contributed by atoms with Crippen LogP contribution in [0.5, 0.6) is 5.75 Å². The molecule has 2 aromatic carbocycles. The molecule has 152 valence electrons. The Labute approximate surface area is 170 Å². The van der Waals surface area contributed by atoms with Crippen molar-refractivity contribution in [2.24, 2.45) is 7.05 Å². The smallest absolute Gasteiger partial charge is 0.317 e. The second kappa shape index (κ2) is 8.43. The van der Waals surface area contributed by atoms with E-state index in [1.54, 1.807) is 7.11 Å². The number of aromatic nitrogens is 2. The number of urea groups is 1. The molecule has 1 saturated heterocycles. The number of anilines is 1. The predicted molar refractivity (Wildman–Crippen MR) is 115 cm³/mol. The second-order valence-electron chi connectivity index (χ2n) is 7.26. The molecule has 0 atom stereocenters. The van der Waals surface area contributed by atoms with E-state index in [9.17, 15) is 4.79 Å². The minimum atomic E-state index is 0.00293. The van der Waals surface area contributed by atoms with Gasteiger partial charge in [0.25, 0.3) is 0 Å². The van der Waals surface area contributed by atoms with E-state index >= 15 is 0 Å². The molecular formula is C22H27N5O2. The van der Waals surface area contributed by atoms with Crippen molar-refractivity contribution in [3.05, 3.63) is 54.1 Å². The molecule has 3 aromatic rings. The highest BCUT2D eigenvalue weighted by Crippen LogP contribution is 2.22. The molecule has 0 aliphatic carbocycles. The number of hydrogen-bond acceptors (Lipinski definition) is 4. The number of carbonyl (C=O) groups excluding carboxylic acids is 1. The zero-order valence-electron chi connectivity index (χ0n) is 17.0. The molecule has 7 nitrogen and oxygen atoms in total. The Bertz CT molecular complexity index is 975. The number of para-hydroxylation sites is 2. The Morgan fingerprint density at radius 1 is 1.07 bits per heavy atom. The summed E-state index contributed by atoms with van der Waals surface area (Å²) in [5, 5.41) is 3.03. The molecular weight excluding hydrogens is 366 g/mol. The number of nitrogens with one attached hydrogen (secondary N) is 1. The lowest BCUT2D eigenvalue weighted by atomic mass is 10.1. The summed E-state index contributed by atoms with van der Waals surface area (Å²) in [4.78, 5) is 21.4. The third-order valence-electron chi connectivity index (χ3n) is 5.46. The van der Waals surface area contributed by atoms with Crippen molar-refractivity contribution in [3.8, 4) is 5.75 Å². The molecule has 7 heteroatoms. The van der Waals surface area contributed by atoms with Crippen LogP contribution in [0.2, 0.25) is 0 Å². The predicted octanol–water partition coefficient (Wildman–Crippen LogP) is 2.66. The van der Waals surface area contributed by atoms with Crippen LogP contribution in [0.3, 0.4) is 0 Å². The monoisotopic (exact) mass is 393 g/mol. The summed E-state index contributed by atoms with van der Waals surface area (Å²) in [7, 11) is 3.70. The topological polar surface area (TPSA) is 62.6 Å². The average molecular weight is 393 g/mol. The van der Waals surface area contributed by atoms with Gasteiger partial charge in [-0.2, -0.15) is 0 Å². The molecule has 29 heavy (non-hydrogen) atoms. The van der Waals surface area contributed by atoms with Crippen LogP contribution in [0, 0.1) is 0 Å². The van der Waals surface area contributed by atoms with E-state index in [4.69, 9.17) is 9.72 Å². The summed E-state index contributed by atoms with van der Waals surface area (Å²) >= 11 is 0. The largest absolute Gasteiger partial charge is 0.497 e. The molecule has 1 aromatic heterocycles. The molecule has 4 rings (SSSR count). The number of carbonyl (C=O) groups is 1. The fourth-order valence-corrected chi connectivity index (χ4v) is 3.74. The molecule has 0 spiro atoms. The van der Waals surface area contributed by atoms with E-state index in [0.29, 0.717) is 19.6 Å². The molecule has 1 aliphatic rings. The van der Waals surface area contributed by atoms with Gasteiger partial charge in [-0.1, -0.05) is 24.3 Å². The molecule has 2 heterocycles. The maximum absolute atomic E-state index is 12.5. The van der Waals surface area contributed by atoms with Gasteiger partial charge in [-0.15, -0.1) is 0 Å². The Hall–Kier alpha value is -3.22. The fraction of sp³-hybridized carbons (Fsp3) is 0.364. The number of piperazine rings is 1. The third-order valence-corrected chi connectivity index (χ3v) is 5.46. The minimum absolute atomic E-state index is 0.00293. The zero-order valence-corrected chi connectivity index (χ0v) is 17.0. The highest BCUT2D eigenvalue weighted by atomic mass is 16.5. The first kappa shape index (κ1) is 19.1. The number of imidazole rings is 1. The molecule has 0 saturated carbocycles. The van der Waals surface area contributed by atoms with Crippen molar-refractivity contribution in [2.75, 3.05) is 44.7 Å². The van der Waals surface area contributed by atoms with Gasteiger partial charge in [0.05, 0.1) is 18.1 Å². The second-order valence-corrected chi connectivity index (χ2v) is 7.26. The number of fused-ring (bicyclic) bond motifs is 1. The van der Waals surface area contributed by atoms with Crippen molar-refractivity contribution in [2.45, 2.75) is 6.42 Å². The van der Waals surface area contributed by atoms with E-state index in [-0.39, 0.29) is 6.03 Å². The van der Waals surface area contributed by atoms with Crippen LogP contribution >= 0.6 is 0 Å². The van der Waals surface area contributed by atoms with Gasteiger partial charge in [-0.05, 0) is 36.2 Å². The van der Waals surface area contributed by atoms with Crippen LogP contribution in [-0.4, -0.2) is 60.3 Å². The van der Waals surface area contributed by atoms with Crippen LogP contribution in [0.4, 0.5) is 10.7 Å². The van der Waals surface area contributed by atoms with Gasteiger partial charge in [0.2, 0.25) is 5.95 Å². The summed E-state index contributed by atoms with van der Waals surface area (Å²) in [6, 6.07) is 16.1. The van der Waals surface area contributed by atoms with Gasteiger partial charge < -0.3 is 24.4 Å². The zero-order chi connectivity index (χ0) is 20.2. The van der Waals surface area contributed by atoms with E-state index in [2.05, 4.69) is 20.9 Å². The standard InChI is InChI=1S/C22H27N5O2/c1-25-20-6-4-3-5-19(20)24-21(25)26-13-15-27(16-14-26)22(28)23-12-11-17-7-9-18(29-2)10-8-17/h3-10H,11-16H2,1-2H3,(H,23,28). The lowest BCUT2D eigenvalue weighted by molar-refractivity contribution is 0.194. The fourth-order valence-electron chi connectivity index (χ4n) is 3.74. The third kappa shape index (κ3) is 4.13. The molecule has 0 unspecified atom stereocenters. The minimum Gasteiger partial charge on any atom is -0.497 e. The first-order valence-electron chi connectivity index (χ1n) is 9.98. The summed E-state index contributed by atoms with van der Waals surface area (Å²) < 4.78 is 7.29. The van der Waals surface area contributed by atoms with Crippen LogP contribution in [-0.2, 0) is 13.5 Å². The van der Waals surface area contributed by atoms with E-state index in [1.807, 2.05) is 54.4 Å². The first-order chi connectivity index (χ1) is 14.2. The summed E-state index contributed by atoms with van der Waals surface area (Å²) in [6.07, 6.45) is 0.801. The van der Waals surface area contributed by atoms with Crippen molar-refractivity contribution < 1.29 is 9.53 Å². The maximum Gasteiger partial charge on any atom is 0.317 e. The van der Waals surface area contributed by atoms with Crippen LogP contribution < -0.4 is 15.0 Å². The Balaban J connectivity index is 1.27. The van der Waals surface area contributed by atoms with E-state index in [1.165, 1.54) is 5.56 Å². The molecule has 1 aliphatic heterocycles. The normalized spacial score (nSPS) is 14.3. The number of amides is 2. The Morgan fingerprint density at radius 2 is 1.79 bits per heavy atom. The van der Waals surface area contributed by atoms with Crippen LogP contribution in [0.15, 0.2) is 48.5 Å². The molecule has 1 fully saturated rings. The SMILES string of the molecule is COc1ccc(CCNC(=O)N2CCN(c3nc4ccccc4n3C)CC2)cc1. The average Bonchev–Trinajstić information content (AvgIpc) is 3.11. The lowest BCUT2D eigenvalue weighted by Crippen LogP contribution is -2.52. The lowest BCUT2D eigenvalue weighted by Gasteiger charge is -2.35. The van der Waals surface area contributed by atoms with Gasteiger partial charge in [0, 0.05) is 39.8 Å². The van der Waals surface area contributed by atoms with Crippen molar-refractivity contribution in [1.29, 1.82) is 0 Å². The Kier molecular flexibility index (Phi) is 5.55. The Morgan fingerprint density at radius 3 is 2.48 bits per heavy atom. The number of hydrogen-bond donors (Lipinski definition) is 1.